The van der Waals surface area contributed by atoms with Gasteiger partial charge >= 0.3 is 19.8 Å². The third-order valence-corrected chi connectivity index (χ3v) is 11.2. The van der Waals surface area contributed by atoms with Gasteiger partial charge in [-0.05, 0) is 32.1 Å². The minimum Gasteiger partial charge on any atom is -0.480 e. The number of carbonyl (C=O) groups is 3. The largest absolute Gasteiger partial charge is 0.480 e. The van der Waals surface area contributed by atoms with Crippen molar-refractivity contribution < 1.29 is 47.8 Å². The predicted molar refractivity (Wildman–Crippen MR) is 231 cm³/mol. The lowest BCUT2D eigenvalue weighted by molar-refractivity contribution is -0.147. The molecule has 0 saturated heterocycles. The van der Waals surface area contributed by atoms with Crippen molar-refractivity contribution in [2.75, 3.05) is 19.8 Å². The van der Waals surface area contributed by atoms with Gasteiger partial charge in [0.25, 0.3) is 0 Å². The number of carboxylic acids is 1. The number of rotatable bonds is 44. The number of aliphatic carboxylic acids is 1. The molecule has 0 rings (SSSR count). The fourth-order valence-corrected chi connectivity index (χ4v) is 7.44. The van der Waals surface area contributed by atoms with Gasteiger partial charge in [-0.25, -0.2) is 9.36 Å². The van der Waals surface area contributed by atoms with Gasteiger partial charge in [0.1, 0.15) is 12.7 Å². The summed E-state index contributed by atoms with van der Waals surface area (Å²) in [5.74, 6) is -2.38. The Bertz CT molecular complexity index is 1030. The SMILES string of the molecule is CCC/C=C\CCCCCCCC(=O)NC(COP(=O)(O)OCC(O)COC(=O)CCCCCCCCCCCCCCCCCCCCCCCCC)C(=O)O. The van der Waals surface area contributed by atoms with E-state index in [2.05, 4.69) is 31.3 Å². The molecule has 0 aromatic carbocycles. The van der Waals surface area contributed by atoms with E-state index in [9.17, 15) is 34.1 Å². The quantitative estimate of drug-likeness (QED) is 0.0201. The van der Waals surface area contributed by atoms with E-state index in [1.165, 1.54) is 122 Å². The lowest BCUT2D eigenvalue weighted by atomic mass is 10.0. The second kappa shape index (κ2) is 41.0. The maximum Gasteiger partial charge on any atom is 0.472 e. The summed E-state index contributed by atoms with van der Waals surface area (Å²) in [5, 5.41) is 21.8. The molecule has 4 N–H and O–H groups in total. The van der Waals surface area contributed by atoms with E-state index in [-0.39, 0.29) is 12.8 Å². The van der Waals surface area contributed by atoms with Crippen LogP contribution in [0.15, 0.2) is 12.2 Å². The molecule has 3 atom stereocenters. The van der Waals surface area contributed by atoms with Crippen molar-refractivity contribution in [3.05, 3.63) is 12.2 Å². The topological polar surface area (TPSA) is 169 Å². The Morgan fingerprint density at radius 2 is 0.947 bits per heavy atom. The maximum atomic E-state index is 12.2. The van der Waals surface area contributed by atoms with E-state index in [1.54, 1.807) is 0 Å². The molecule has 0 aliphatic heterocycles. The molecular weight excluding hydrogens is 745 g/mol. The number of phosphoric acid groups is 1. The molecule has 0 fully saturated rings. The summed E-state index contributed by atoms with van der Waals surface area (Å²) in [6.07, 6.45) is 41.2. The fraction of sp³-hybridized carbons (Fsp3) is 0.889. The lowest BCUT2D eigenvalue weighted by Crippen LogP contribution is -2.43. The third kappa shape index (κ3) is 40.8. The first-order valence-electron chi connectivity index (χ1n) is 23.2. The zero-order valence-corrected chi connectivity index (χ0v) is 37.3. The van der Waals surface area contributed by atoms with Crippen molar-refractivity contribution in [2.24, 2.45) is 0 Å². The molecule has 57 heavy (non-hydrogen) atoms. The summed E-state index contributed by atoms with van der Waals surface area (Å²) in [4.78, 5) is 45.8. The van der Waals surface area contributed by atoms with Crippen molar-refractivity contribution in [3.63, 3.8) is 0 Å². The van der Waals surface area contributed by atoms with E-state index in [0.29, 0.717) is 12.8 Å². The van der Waals surface area contributed by atoms with Crippen molar-refractivity contribution >= 4 is 25.7 Å². The number of carboxylic acid groups (broad SMARTS) is 1. The Hall–Kier alpha value is -1.78. The van der Waals surface area contributed by atoms with E-state index in [0.717, 1.165) is 64.2 Å². The molecule has 0 aliphatic carbocycles. The monoisotopic (exact) mass is 832 g/mol. The Balaban J connectivity index is 3.75. The molecule has 11 nitrogen and oxygen atoms in total. The van der Waals surface area contributed by atoms with E-state index < -0.39 is 57.6 Å². The van der Waals surface area contributed by atoms with Crippen LogP contribution in [0.2, 0.25) is 0 Å². The van der Waals surface area contributed by atoms with Gasteiger partial charge in [-0.15, -0.1) is 0 Å². The number of aliphatic hydroxyl groups is 1. The van der Waals surface area contributed by atoms with Crippen LogP contribution in [0.5, 0.6) is 0 Å². The van der Waals surface area contributed by atoms with Crippen molar-refractivity contribution in [1.29, 1.82) is 0 Å². The molecular formula is C45H86NO10P. The second-order valence-corrected chi connectivity index (χ2v) is 17.4. The number of aliphatic hydroxyl groups excluding tert-OH is 1. The molecule has 0 saturated carbocycles. The molecule has 336 valence electrons. The Labute approximate surface area is 347 Å². The average molecular weight is 832 g/mol. The third-order valence-electron chi connectivity index (χ3n) is 10.3. The minimum atomic E-state index is -4.75. The normalized spacial score (nSPS) is 13.8. The van der Waals surface area contributed by atoms with Crippen molar-refractivity contribution in [2.45, 2.75) is 238 Å². The van der Waals surface area contributed by atoms with Gasteiger partial charge in [-0.3, -0.25) is 18.6 Å². The molecule has 3 unspecified atom stereocenters. The van der Waals surface area contributed by atoms with Gasteiger partial charge < -0.3 is 25.2 Å². The summed E-state index contributed by atoms with van der Waals surface area (Å²) in [7, 11) is -4.75. The lowest BCUT2D eigenvalue weighted by Gasteiger charge is -2.18. The van der Waals surface area contributed by atoms with Crippen molar-refractivity contribution in [3.8, 4) is 0 Å². The number of amides is 1. The summed E-state index contributed by atoms with van der Waals surface area (Å²) >= 11 is 0. The number of unbranched alkanes of at least 4 members (excludes halogenated alkanes) is 28. The van der Waals surface area contributed by atoms with Crippen LogP contribution in [0.3, 0.4) is 0 Å². The van der Waals surface area contributed by atoms with Crippen LogP contribution in [-0.4, -0.2) is 64.9 Å². The number of phosphoric ester groups is 1. The first kappa shape index (κ1) is 55.2. The molecule has 0 heterocycles. The molecule has 0 bridgehead atoms. The highest BCUT2D eigenvalue weighted by atomic mass is 31.2. The molecule has 0 spiro atoms. The van der Waals surface area contributed by atoms with Gasteiger partial charge in [-0.2, -0.15) is 0 Å². The minimum absolute atomic E-state index is 0.137. The smallest absolute Gasteiger partial charge is 0.472 e. The van der Waals surface area contributed by atoms with Crippen LogP contribution in [0, 0.1) is 0 Å². The number of ether oxygens (including phenoxy) is 1. The number of carbonyl (C=O) groups excluding carboxylic acids is 2. The van der Waals surface area contributed by atoms with E-state index in [1.807, 2.05) is 0 Å². The second-order valence-electron chi connectivity index (χ2n) is 15.9. The number of hydrogen-bond acceptors (Lipinski definition) is 8. The Kier molecular flexibility index (Phi) is 39.7. The molecule has 12 heteroatoms. The van der Waals surface area contributed by atoms with Crippen LogP contribution in [0.4, 0.5) is 0 Å². The fourth-order valence-electron chi connectivity index (χ4n) is 6.67. The average Bonchev–Trinajstić information content (AvgIpc) is 3.18. The zero-order chi connectivity index (χ0) is 42.1. The molecule has 0 aromatic heterocycles. The van der Waals surface area contributed by atoms with Gasteiger partial charge in [-0.1, -0.05) is 193 Å². The first-order valence-corrected chi connectivity index (χ1v) is 24.7. The predicted octanol–water partition coefficient (Wildman–Crippen LogP) is 12.1. The Morgan fingerprint density at radius 1 is 0.544 bits per heavy atom. The summed E-state index contributed by atoms with van der Waals surface area (Å²) in [6, 6.07) is -1.55. The number of nitrogens with one attached hydrogen (secondary N) is 1. The van der Waals surface area contributed by atoms with Crippen molar-refractivity contribution in [1.82, 2.24) is 5.32 Å². The van der Waals surface area contributed by atoms with Gasteiger partial charge in [0, 0.05) is 12.8 Å². The van der Waals surface area contributed by atoms with Crippen LogP contribution in [0.1, 0.15) is 226 Å². The highest BCUT2D eigenvalue weighted by molar-refractivity contribution is 7.47. The van der Waals surface area contributed by atoms with Crippen LogP contribution in [0.25, 0.3) is 0 Å². The first-order chi connectivity index (χ1) is 27.6. The van der Waals surface area contributed by atoms with Gasteiger partial charge in [0.2, 0.25) is 5.91 Å². The Morgan fingerprint density at radius 3 is 1.40 bits per heavy atom. The highest BCUT2D eigenvalue weighted by Crippen LogP contribution is 2.43. The molecule has 0 aliphatic rings. The summed E-state index contributed by atoms with van der Waals surface area (Å²) in [5.41, 5.74) is 0. The van der Waals surface area contributed by atoms with Crippen LogP contribution >= 0.6 is 7.82 Å². The summed E-state index contributed by atoms with van der Waals surface area (Å²) < 4.78 is 26.8. The number of esters is 1. The number of hydrogen-bond donors (Lipinski definition) is 4. The molecule has 1 amide bonds. The zero-order valence-electron chi connectivity index (χ0n) is 36.4. The standard InChI is InChI=1S/C45H86NO10P/c1-3-5-7-9-11-13-15-16-17-18-19-20-21-22-23-24-25-26-27-29-31-33-35-37-44(49)54-38-41(47)39-55-57(52,53)56-40-42(45(50)51)46-43(48)36-34-32-30-28-14-12-10-8-6-4-2/h8,10,41-42,47H,3-7,9,11-40H2,1-2H3,(H,46,48)(H,50,51)(H,52,53)/b10-8-. The van der Waals surface area contributed by atoms with Crippen LogP contribution in [-0.2, 0) is 32.7 Å². The van der Waals surface area contributed by atoms with E-state index >= 15 is 0 Å². The highest BCUT2D eigenvalue weighted by Gasteiger charge is 2.28. The molecule has 0 aromatic rings. The summed E-state index contributed by atoms with van der Waals surface area (Å²) in [6.45, 7) is 2.54. The van der Waals surface area contributed by atoms with Crippen LogP contribution < -0.4 is 5.32 Å². The molecule has 0 radical (unpaired) electrons. The maximum absolute atomic E-state index is 12.2. The van der Waals surface area contributed by atoms with Gasteiger partial charge in [0.05, 0.1) is 13.2 Å². The van der Waals surface area contributed by atoms with Gasteiger partial charge in [0.15, 0.2) is 6.04 Å². The van der Waals surface area contributed by atoms with E-state index in [4.69, 9.17) is 13.8 Å². The number of allylic oxidation sites excluding steroid dienone is 2.